The third-order valence-corrected chi connectivity index (χ3v) is 3.08. The second-order valence-corrected chi connectivity index (χ2v) is 4.83. The molecule has 1 N–H and O–H groups in total. The Labute approximate surface area is 127 Å². The molecule has 0 bridgehead atoms. The molecular weight excluding hydrogens is 293 g/mol. The van der Waals surface area contributed by atoms with Gasteiger partial charge in [-0.3, -0.25) is 0 Å². The van der Waals surface area contributed by atoms with Gasteiger partial charge in [-0.15, -0.1) is 0 Å². The van der Waals surface area contributed by atoms with Gasteiger partial charge in [-0.05, 0) is 42.8 Å². The van der Waals surface area contributed by atoms with E-state index in [0.717, 1.165) is 0 Å². The molecule has 5 heteroatoms. The molecule has 0 aliphatic carbocycles. The third-order valence-electron chi connectivity index (χ3n) is 2.84. The van der Waals surface area contributed by atoms with Gasteiger partial charge in [-0.25, -0.2) is 9.18 Å². The van der Waals surface area contributed by atoms with E-state index in [1.54, 1.807) is 43.3 Å². The quantitative estimate of drug-likeness (QED) is 0.842. The van der Waals surface area contributed by atoms with Crippen molar-refractivity contribution in [1.29, 1.82) is 0 Å². The summed E-state index contributed by atoms with van der Waals surface area (Å²) in [6.07, 6.45) is 0. The molecule has 21 heavy (non-hydrogen) atoms. The number of nitrogens with one attached hydrogen (secondary N) is 1. The SMILES string of the molecule is CCOC(=O)C(Nc1cccc(Cl)c1)c1cccc(F)c1. The molecule has 0 radical (unpaired) electrons. The molecule has 0 aromatic heterocycles. The number of esters is 1. The fourth-order valence-electron chi connectivity index (χ4n) is 1.94. The van der Waals surface area contributed by atoms with Gasteiger partial charge < -0.3 is 10.1 Å². The zero-order chi connectivity index (χ0) is 15.2. The number of hydrogen-bond acceptors (Lipinski definition) is 3. The summed E-state index contributed by atoms with van der Waals surface area (Å²) in [5.41, 5.74) is 1.15. The van der Waals surface area contributed by atoms with Crippen LogP contribution in [0.15, 0.2) is 48.5 Å². The van der Waals surface area contributed by atoms with Crippen LogP contribution >= 0.6 is 11.6 Å². The Balaban J connectivity index is 2.30. The van der Waals surface area contributed by atoms with Gasteiger partial charge >= 0.3 is 5.97 Å². The van der Waals surface area contributed by atoms with Crippen LogP contribution in [-0.4, -0.2) is 12.6 Å². The minimum atomic E-state index is -0.792. The van der Waals surface area contributed by atoms with Crippen LogP contribution < -0.4 is 5.32 Å². The van der Waals surface area contributed by atoms with Crippen LogP contribution in [0.3, 0.4) is 0 Å². The molecule has 1 atom stereocenters. The minimum absolute atomic E-state index is 0.252. The molecule has 0 spiro atoms. The van der Waals surface area contributed by atoms with Crippen LogP contribution in [0.25, 0.3) is 0 Å². The van der Waals surface area contributed by atoms with Crippen molar-refractivity contribution in [3.8, 4) is 0 Å². The predicted octanol–water partition coefficient (Wildman–Crippen LogP) is 4.20. The van der Waals surface area contributed by atoms with Gasteiger partial charge in [0, 0.05) is 10.7 Å². The average Bonchev–Trinajstić information content (AvgIpc) is 2.45. The van der Waals surface area contributed by atoms with E-state index in [4.69, 9.17) is 16.3 Å². The molecule has 2 aromatic rings. The molecular formula is C16H15ClFNO2. The van der Waals surface area contributed by atoms with E-state index < -0.39 is 17.8 Å². The van der Waals surface area contributed by atoms with Crippen molar-refractivity contribution in [2.75, 3.05) is 11.9 Å². The van der Waals surface area contributed by atoms with Crippen molar-refractivity contribution in [1.82, 2.24) is 0 Å². The highest BCUT2D eigenvalue weighted by Gasteiger charge is 2.22. The number of halogens is 2. The first-order chi connectivity index (χ1) is 10.1. The molecule has 0 amide bonds. The highest BCUT2D eigenvalue weighted by atomic mass is 35.5. The maximum absolute atomic E-state index is 13.4. The maximum atomic E-state index is 13.4. The lowest BCUT2D eigenvalue weighted by Crippen LogP contribution is -2.23. The van der Waals surface area contributed by atoms with Crippen molar-refractivity contribution in [3.63, 3.8) is 0 Å². The number of anilines is 1. The summed E-state index contributed by atoms with van der Waals surface area (Å²) in [7, 11) is 0. The largest absolute Gasteiger partial charge is 0.464 e. The van der Waals surface area contributed by atoms with E-state index in [1.165, 1.54) is 12.1 Å². The summed E-state index contributed by atoms with van der Waals surface area (Å²) < 4.78 is 18.4. The lowest BCUT2D eigenvalue weighted by Gasteiger charge is -2.19. The topological polar surface area (TPSA) is 38.3 Å². The van der Waals surface area contributed by atoms with Crippen molar-refractivity contribution >= 4 is 23.3 Å². The zero-order valence-corrected chi connectivity index (χ0v) is 12.2. The molecule has 3 nitrogen and oxygen atoms in total. The Morgan fingerprint density at radius 3 is 2.71 bits per heavy atom. The van der Waals surface area contributed by atoms with Crippen LogP contribution in [0.1, 0.15) is 18.5 Å². The maximum Gasteiger partial charge on any atom is 0.333 e. The molecule has 1 unspecified atom stereocenters. The average molecular weight is 308 g/mol. The fourth-order valence-corrected chi connectivity index (χ4v) is 2.13. The smallest absolute Gasteiger partial charge is 0.333 e. The molecule has 0 saturated heterocycles. The van der Waals surface area contributed by atoms with Gasteiger partial charge in [-0.2, -0.15) is 0 Å². The third kappa shape index (κ3) is 4.20. The summed E-state index contributed by atoms with van der Waals surface area (Å²) in [5.74, 6) is -0.877. The molecule has 2 rings (SSSR count). The zero-order valence-electron chi connectivity index (χ0n) is 11.5. The highest BCUT2D eigenvalue weighted by molar-refractivity contribution is 6.30. The van der Waals surface area contributed by atoms with E-state index in [2.05, 4.69) is 5.32 Å². The molecule has 0 fully saturated rings. The summed E-state index contributed by atoms with van der Waals surface area (Å²) in [6.45, 7) is 1.97. The van der Waals surface area contributed by atoms with Gasteiger partial charge in [0.15, 0.2) is 6.04 Å². The van der Waals surface area contributed by atoms with E-state index in [0.29, 0.717) is 16.3 Å². The number of hydrogen-bond donors (Lipinski definition) is 1. The van der Waals surface area contributed by atoms with E-state index >= 15 is 0 Å². The molecule has 110 valence electrons. The Bertz CT molecular complexity index is 633. The molecule has 0 heterocycles. The van der Waals surface area contributed by atoms with Gasteiger partial charge in [-0.1, -0.05) is 29.8 Å². The van der Waals surface area contributed by atoms with Crippen LogP contribution in [0, 0.1) is 5.82 Å². The summed E-state index contributed by atoms with van der Waals surface area (Å²) in [4.78, 5) is 12.1. The first-order valence-electron chi connectivity index (χ1n) is 6.54. The Kier molecular flexibility index (Phi) is 5.17. The minimum Gasteiger partial charge on any atom is -0.464 e. The molecule has 0 aliphatic heterocycles. The summed E-state index contributed by atoms with van der Waals surface area (Å²) in [6, 6.07) is 12.0. The summed E-state index contributed by atoms with van der Waals surface area (Å²) >= 11 is 5.92. The second-order valence-electron chi connectivity index (χ2n) is 4.39. The first kappa shape index (κ1) is 15.3. The lowest BCUT2D eigenvalue weighted by atomic mass is 10.1. The number of carbonyl (C=O) groups excluding carboxylic acids is 1. The van der Waals surface area contributed by atoms with Crippen molar-refractivity contribution in [3.05, 3.63) is 64.9 Å². The first-order valence-corrected chi connectivity index (χ1v) is 6.92. The van der Waals surface area contributed by atoms with E-state index in [9.17, 15) is 9.18 Å². The number of benzene rings is 2. The van der Waals surface area contributed by atoms with Crippen molar-refractivity contribution < 1.29 is 13.9 Å². The van der Waals surface area contributed by atoms with Gasteiger partial charge in [0.2, 0.25) is 0 Å². The van der Waals surface area contributed by atoms with Crippen LogP contribution in [0.5, 0.6) is 0 Å². The monoisotopic (exact) mass is 307 g/mol. The molecule has 0 aliphatic rings. The van der Waals surface area contributed by atoms with Gasteiger partial charge in [0.25, 0.3) is 0 Å². The van der Waals surface area contributed by atoms with Gasteiger partial charge in [0.1, 0.15) is 5.82 Å². The number of rotatable bonds is 5. The van der Waals surface area contributed by atoms with E-state index in [-0.39, 0.29) is 6.61 Å². The Morgan fingerprint density at radius 2 is 2.05 bits per heavy atom. The standard InChI is InChI=1S/C16H15ClFNO2/c1-2-21-16(20)15(11-5-3-7-13(18)9-11)19-14-8-4-6-12(17)10-14/h3-10,15,19H,2H2,1H3. The van der Waals surface area contributed by atoms with Crippen LogP contribution in [0.2, 0.25) is 5.02 Å². The van der Waals surface area contributed by atoms with Gasteiger partial charge in [0.05, 0.1) is 6.61 Å². The van der Waals surface area contributed by atoms with E-state index in [1.807, 2.05) is 0 Å². The molecule has 0 saturated carbocycles. The Hall–Kier alpha value is -2.07. The summed E-state index contributed by atoms with van der Waals surface area (Å²) in [5, 5.41) is 3.57. The van der Waals surface area contributed by atoms with Crippen LogP contribution in [-0.2, 0) is 9.53 Å². The Morgan fingerprint density at radius 1 is 1.29 bits per heavy atom. The van der Waals surface area contributed by atoms with Crippen molar-refractivity contribution in [2.45, 2.75) is 13.0 Å². The lowest BCUT2D eigenvalue weighted by molar-refractivity contribution is -0.144. The number of ether oxygens (including phenoxy) is 1. The van der Waals surface area contributed by atoms with Crippen LogP contribution in [0.4, 0.5) is 10.1 Å². The molecule has 2 aromatic carbocycles. The van der Waals surface area contributed by atoms with Crippen molar-refractivity contribution in [2.24, 2.45) is 0 Å². The number of carbonyl (C=O) groups is 1. The second kappa shape index (κ2) is 7.09. The predicted molar refractivity (Wildman–Crippen MR) is 80.8 cm³/mol. The normalized spacial score (nSPS) is 11.8. The highest BCUT2D eigenvalue weighted by Crippen LogP contribution is 2.23. The fraction of sp³-hybridized carbons (Fsp3) is 0.188.